The summed E-state index contributed by atoms with van der Waals surface area (Å²) in [5, 5.41) is 21.4. The number of carbonyl (C=O) groups is 1. The molecule has 1 saturated carbocycles. The van der Waals surface area contributed by atoms with Crippen LogP contribution in [0.2, 0.25) is 0 Å². The van der Waals surface area contributed by atoms with Crippen LogP contribution < -0.4 is 4.74 Å². The van der Waals surface area contributed by atoms with E-state index in [1.807, 2.05) is 60.7 Å². The van der Waals surface area contributed by atoms with Crippen LogP contribution in [0.15, 0.2) is 164 Å². The number of phenolic OH excluding ortho intramolecular Hbond substituents is 2. The van der Waals surface area contributed by atoms with Gasteiger partial charge in [-0.2, -0.15) is 13.2 Å². The molecule has 1 heterocycles. The first kappa shape index (κ1) is 47.0. The van der Waals surface area contributed by atoms with E-state index >= 15 is 0 Å². The van der Waals surface area contributed by atoms with E-state index in [4.69, 9.17) is 4.74 Å². The Balaban J connectivity index is 0.887. The van der Waals surface area contributed by atoms with Crippen molar-refractivity contribution in [1.29, 1.82) is 0 Å². The lowest BCUT2D eigenvalue weighted by atomic mass is 9.76. The minimum absolute atomic E-state index is 0.0545. The molecule has 7 heteroatoms. The Morgan fingerprint density at radius 1 is 0.639 bits per heavy atom. The van der Waals surface area contributed by atoms with Gasteiger partial charge in [-0.1, -0.05) is 168 Å². The van der Waals surface area contributed by atoms with E-state index in [-0.39, 0.29) is 17.3 Å². The lowest BCUT2D eigenvalue weighted by Gasteiger charge is -2.38. The van der Waals surface area contributed by atoms with Gasteiger partial charge in [0.2, 0.25) is 0 Å². The van der Waals surface area contributed by atoms with Gasteiger partial charge in [-0.3, -0.25) is 4.79 Å². The molecule has 0 saturated heterocycles. The first-order chi connectivity index (χ1) is 34.7. The number of ketones is 1. The summed E-state index contributed by atoms with van der Waals surface area (Å²) in [7, 11) is 0. The van der Waals surface area contributed by atoms with Crippen molar-refractivity contribution < 1.29 is 32.9 Å². The SMILES string of the molecule is CCCCCC1CCC(c2ccc(-c3ccc(C(=O)c4ccc(-c5ccc6c(c5)-c5c(c7c(c8cc(C(F)(F)F)ccc58)OC(c5ccc(O)cc5)(c5ccc(O)cc5)C=C7)C6(C)C)cc4)cc3)cc2)CC1. The van der Waals surface area contributed by atoms with Crippen molar-refractivity contribution in [2.75, 3.05) is 0 Å². The second-order valence-electron chi connectivity index (χ2n) is 20.7. The number of hydrogen-bond acceptors (Lipinski definition) is 4. The van der Waals surface area contributed by atoms with Crippen LogP contribution in [-0.2, 0) is 17.2 Å². The van der Waals surface area contributed by atoms with E-state index in [1.165, 1.54) is 63.0 Å². The van der Waals surface area contributed by atoms with Gasteiger partial charge in [-0.25, -0.2) is 0 Å². The number of unbranched alkanes of at least 4 members (excludes halogenated alkanes) is 2. The van der Waals surface area contributed by atoms with E-state index in [1.54, 1.807) is 54.6 Å². The van der Waals surface area contributed by atoms with Gasteiger partial charge >= 0.3 is 6.18 Å². The largest absolute Gasteiger partial charge is 0.508 e. The van der Waals surface area contributed by atoms with Crippen molar-refractivity contribution in [2.24, 2.45) is 5.92 Å². The van der Waals surface area contributed by atoms with Crippen molar-refractivity contribution in [2.45, 2.75) is 95.2 Å². The molecule has 0 bridgehead atoms. The summed E-state index contributed by atoms with van der Waals surface area (Å²) in [6.07, 6.45) is 9.84. The van der Waals surface area contributed by atoms with Gasteiger partial charge in [0.1, 0.15) is 17.2 Å². The van der Waals surface area contributed by atoms with Crippen molar-refractivity contribution >= 4 is 22.6 Å². The normalized spacial score (nSPS) is 17.5. The predicted octanol–water partition coefficient (Wildman–Crippen LogP) is 17.3. The van der Waals surface area contributed by atoms with Crippen LogP contribution in [0.5, 0.6) is 17.2 Å². The fourth-order valence-electron chi connectivity index (χ4n) is 12.0. The minimum Gasteiger partial charge on any atom is -0.508 e. The van der Waals surface area contributed by atoms with Crippen LogP contribution in [0.1, 0.15) is 133 Å². The second kappa shape index (κ2) is 18.3. The molecule has 362 valence electrons. The maximum atomic E-state index is 14.6. The van der Waals surface area contributed by atoms with Crippen LogP contribution in [-0.4, -0.2) is 16.0 Å². The number of hydrogen-bond donors (Lipinski definition) is 2. The van der Waals surface area contributed by atoms with Gasteiger partial charge < -0.3 is 14.9 Å². The second-order valence-corrected chi connectivity index (χ2v) is 20.7. The summed E-state index contributed by atoms with van der Waals surface area (Å²) < 4.78 is 51.0. The molecule has 1 aliphatic heterocycles. The Morgan fingerprint density at radius 3 is 1.76 bits per heavy atom. The number of fused-ring (bicyclic) bond motifs is 8. The summed E-state index contributed by atoms with van der Waals surface area (Å²) >= 11 is 0. The van der Waals surface area contributed by atoms with Crippen molar-refractivity contribution in [3.05, 3.63) is 214 Å². The minimum atomic E-state index is -4.62. The number of alkyl halides is 3. The topological polar surface area (TPSA) is 66.8 Å². The van der Waals surface area contributed by atoms with Crippen LogP contribution in [0.4, 0.5) is 13.2 Å². The number of aromatic hydroxyl groups is 2. The Labute approximate surface area is 419 Å². The molecule has 72 heavy (non-hydrogen) atoms. The fourth-order valence-corrected chi connectivity index (χ4v) is 12.0. The third-order valence-electron chi connectivity index (χ3n) is 16.0. The molecule has 8 aromatic carbocycles. The van der Waals surface area contributed by atoms with Gasteiger partial charge in [0.05, 0.1) is 5.56 Å². The monoisotopic (exact) mass is 958 g/mol. The predicted molar refractivity (Wildman–Crippen MR) is 283 cm³/mol. The van der Waals surface area contributed by atoms with Crippen molar-refractivity contribution in [1.82, 2.24) is 0 Å². The molecule has 2 aliphatic carbocycles. The Bertz CT molecular complexity index is 3310. The Kier molecular flexibility index (Phi) is 12.0. The summed E-state index contributed by atoms with van der Waals surface area (Å²) in [4.78, 5) is 13.9. The fraction of sp³-hybridized carbons (Fsp3) is 0.246. The molecule has 0 unspecified atom stereocenters. The maximum Gasteiger partial charge on any atom is 0.416 e. The quantitative estimate of drug-likeness (QED) is 0.100. The number of benzene rings is 8. The summed E-state index contributed by atoms with van der Waals surface area (Å²) in [6, 6.07) is 47.8. The molecule has 1 fully saturated rings. The molecular formula is C65H57F3O4. The standard InChI is InChI=1S/C65H57F3O4/c1-4-5-6-7-40-8-10-41(11-9-40)42-12-14-43(15-13-42)44-16-20-46(21-17-44)61(71)47-22-18-45(19-23-47)48-24-35-58-57(38-48)59-54-34-29-51(65(66,67)68)39-56(54)62-55(60(59)63(58,2)3)36-37-64(72-62,49-25-30-52(69)31-26-49)50-27-32-53(70)33-28-50/h12-41,69-70H,4-11H2,1-3H3. The van der Waals surface area contributed by atoms with Crippen LogP contribution in [0.25, 0.3) is 50.2 Å². The van der Waals surface area contributed by atoms with Gasteiger partial charge in [-0.05, 0) is 142 Å². The van der Waals surface area contributed by atoms with Crippen LogP contribution >= 0.6 is 0 Å². The number of carbonyl (C=O) groups excluding carboxylic acids is 1. The summed E-state index contributed by atoms with van der Waals surface area (Å²) in [5.74, 6) is 1.88. The first-order valence-corrected chi connectivity index (χ1v) is 25.4. The first-order valence-electron chi connectivity index (χ1n) is 25.4. The van der Waals surface area contributed by atoms with E-state index in [0.29, 0.717) is 50.3 Å². The Morgan fingerprint density at radius 2 is 1.19 bits per heavy atom. The third kappa shape index (κ3) is 8.36. The number of phenols is 2. The lowest BCUT2D eigenvalue weighted by Crippen LogP contribution is -2.35. The molecule has 0 spiro atoms. The molecule has 11 rings (SSSR count). The number of rotatable bonds is 11. The van der Waals surface area contributed by atoms with Gasteiger partial charge in [0, 0.05) is 38.6 Å². The van der Waals surface area contributed by atoms with E-state index in [0.717, 1.165) is 56.5 Å². The average Bonchev–Trinajstić information content (AvgIpc) is 3.64. The summed E-state index contributed by atoms with van der Waals surface area (Å²) in [5.41, 5.74) is 9.62. The van der Waals surface area contributed by atoms with Crippen LogP contribution in [0, 0.1) is 5.92 Å². The Hall–Kier alpha value is -7.38. The highest BCUT2D eigenvalue weighted by Crippen LogP contribution is 2.59. The zero-order chi connectivity index (χ0) is 49.9. The van der Waals surface area contributed by atoms with Crippen molar-refractivity contribution in [3.63, 3.8) is 0 Å². The molecule has 2 N–H and O–H groups in total. The molecule has 3 aliphatic rings. The van der Waals surface area contributed by atoms with E-state index in [2.05, 4.69) is 63.2 Å². The molecule has 0 radical (unpaired) electrons. The number of halogens is 3. The average molecular weight is 959 g/mol. The molecule has 0 atom stereocenters. The van der Waals surface area contributed by atoms with Gasteiger partial charge in [0.15, 0.2) is 11.4 Å². The zero-order valence-electron chi connectivity index (χ0n) is 40.8. The smallest absolute Gasteiger partial charge is 0.416 e. The maximum absolute atomic E-state index is 14.6. The highest BCUT2D eigenvalue weighted by Gasteiger charge is 2.45. The van der Waals surface area contributed by atoms with E-state index in [9.17, 15) is 28.2 Å². The highest BCUT2D eigenvalue weighted by atomic mass is 19.4. The third-order valence-corrected chi connectivity index (χ3v) is 16.0. The summed E-state index contributed by atoms with van der Waals surface area (Å²) in [6.45, 7) is 6.54. The zero-order valence-corrected chi connectivity index (χ0v) is 40.8. The van der Waals surface area contributed by atoms with Crippen molar-refractivity contribution in [3.8, 4) is 50.6 Å². The van der Waals surface area contributed by atoms with Gasteiger partial charge in [0.25, 0.3) is 0 Å². The lowest BCUT2D eigenvalue weighted by molar-refractivity contribution is -0.137. The highest BCUT2D eigenvalue weighted by molar-refractivity contribution is 6.10. The molecular weight excluding hydrogens is 902 g/mol. The molecule has 8 aromatic rings. The van der Waals surface area contributed by atoms with Crippen LogP contribution in [0.3, 0.4) is 0 Å². The van der Waals surface area contributed by atoms with Gasteiger partial charge in [-0.15, -0.1) is 0 Å². The number of ether oxygens (including phenoxy) is 1. The van der Waals surface area contributed by atoms with E-state index < -0.39 is 22.8 Å². The molecule has 0 aromatic heterocycles. The molecule has 0 amide bonds. The molecule has 4 nitrogen and oxygen atoms in total.